The molecule has 4 saturated heterocycles. The highest BCUT2D eigenvalue weighted by Gasteiger charge is 2.69. The van der Waals surface area contributed by atoms with Crippen molar-refractivity contribution in [1.29, 1.82) is 0 Å². The van der Waals surface area contributed by atoms with E-state index in [1.807, 2.05) is 6.92 Å². The zero-order chi connectivity index (χ0) is 32.5. The van der Waals surface area contributed by atoms with E-state index in [0.717, 1.165) is 25.7 Å². The third-order valence-corrected chi connectivity index (χ3v) is 10.6. The molecule has 1 saturated carbocycles. The summed E-state index contributed by atoms with van der Waals surface area (Å²) in [5, 5.41) is 14.6. The van der Waals surface area contributed by atoms with Crippen LogP contribution in [0, 0.1) is 23.7 Å². The Labute approximate surface area is 272 Å². The number of thioether (sulfide) groups is 1. The SMILES string of the molecule is CCOC(=O)c1ccc(NC(=O)CSc2nnnn2C)cc1OCCCO[C@H]1O[C@@H]2O[C@@]3(C)CCC4[C@H](C)CC[C@@H]([C@H]1C)[C@]42OO3. The van der Waals surface area contributed by atoms with Crippen LogP contribution in [0.1, 0.15) is 70.2 Å². The summed E-state index contributed by atoms with van der Waals surface area (Å²) >= 11 is 1.21. The summed E-state index contributed by atoms with van der Waals surface area (Å²) in [5.74, 6) is -0.158. The number of fused-ring (bicyclic) bond motifs is 2. The number of aryl methyl sites for hydroxylation is 1. The predicted molar refractivity (Wildman–Crippen MR) is 163 cm³/mol. The number of hydrogen-bond donors (Lipinski definition) is 1. The summed E-state index contributed by atoms with van der Waals surface area (Å²) in [6, 6.07) is 4.84. The zero-order valence-corrected chi connectivity index (χ0v) is 27.7. The Morgan fingerprint density at radius 2 is 2.00 bits per heavy atom. The van der Waals surface area contributed by atoms with E-state index in [4.69, 9.17) is 33.5 Å². The summed E-state index contributed by atoms with van der Waals surface area (Å²) < 4.78 is 31.9. The lowest BCUT2D eigenvalue weighted by Crippen LogP contribution is -2.70. The molecule has 1 aromatic heterocycles. The largest absolute Gasteiger partial charge is 0.493 e. The molecule has 15 heteroatoms. The summed E-state index contributed by atoms with van der Waals surface area (Å²) in [5.41, 5.74) is 0.120. The van der Waals surface area contributed by atoms with Gasteiger partial charge in [0.25, 0.3) is 0 Å². The van der Waals surface area contributed by atoms with Gasteiger partial charge in [-0.2, -0.15) is 0 Å². The molecule has 1 spiro atoms. The summed E-state index contributed by atoms with van der Waals surface area (Å²) in [6.45, 7) is 8.95. The van der Waals surface area contributed by atoms with Gasteiger partial charge in [-0.1, -0.05) is 25.6 Å². The topological polar surface area (TPSA) is 154 Å². The van der Waals surface area contributed by atoms with Gasteiger partial charge in [0.15, 0.2) is 18.2 Å². The molecular weight excluding hydrogens is 618 g/mol. The number of anilines is 1. The van der Waals surface area contributed by atoms with Crippen LogP contribution in [0.2, 0.25) is 0 Å². The molecule has 4 aliphatic heterocycles. The molecule has 7 rings (SSSR count). The molecular formula is C31H43N5O9S. The smallest absolute Gasteiger partial charge is 0.341 e. The van der Waals surface area contributed by atoms with Crippen LogP contribution >= 0.6 is 11.8 Å². The van der Waals surface area contributed by atoms with E-state index < -0.39 is 29.9 Å². The molecule has 14 nitrogen and oxygen atoms in total. The number of benzene rings is 1. The van der Waals surface area contributed by atoms with Crippen LogP contribution in [0.5, 0.6) is 5.75 Å². The van der Waals surface area contributed by atoms with E-state index in [1.54, 1.807) is 32.2 Å². The van der Waals surface area contributed by atoms with Crippen molar-refractivity contribution >= 4 is 29.3 Å². The number of rotatable bonds is 12. The van der Waals surface area contributed by atoms with Gasteiger partial charge in [0.2, 0.25) is 16.9 Å². The Morgan fingerprint density at radius 3 is 2.78 bits per heavy atom. The first-order valence-electron chi connectivity index (χ1n) is 16.0. The molecule has 46 heavy (non-hydrogen) atoms. The molecule has 5 fully saturated rings. The lowest BCUT2D eigenvalue weighted by atomic mass is 9.58. The molecule has 5 aliphatic rings. The molecule has 1 N–H and O–H groups in total. The van der Waals surface area contributed by atoms with Crippen LogP contribution in [0.4, 0.5) is 5.69 Å². The normalized spacial score (nSPS) is 33.2. The first-order valence-corrected chi connectivity index (χ1v) is 17.0. The number of amides is 1. The first-order chi connectivity index (χ1) is 22.1. The van der Waals surface area contributed by atoms with Gasteiger partial charge < -0.3 is 29.0 Å². The van der Waals surface area contributed by atoms with Crippen LogP contribution < -0.4 is 10.1 Å². The van der Waals surface area contributed by atoms with Crippen molar-refractivity contribution in [1.82, 2.24) is 20.2 Å². The number of nitrogens with one attached hydrogen (secondary N) is 1. The second-order valence-electron chi connectivity index (χ2n) is 12.7. The summed E-state index contributed by atoms with van der Waals surface area (Å²) in [4.78, 5) is 37.3. The Morgan fingerprint density at radius 1 is 1.15 bits per heavy atom. The fourth-order valence-corrected chi connectivity index (χ4v) is 7.92. The molecule has 1 aliphatic carbocycles. The Balaban J connectivity index is 1.05. The van der Waals surface area contributed by atoms with Gasteiger partial charge >= 0.3 is 5.97 Å². The van der Waals surface area contributed by atoms with E-state index in [9.17, 15) is 9.59 Å². The highest BCUT2D eigenvalue weighted by molar-refractivity contribution is 7.99. The lowest BCUT2D eigenvalue weighted by molar-refractivity contribution is -0.577. The van der Waals surface area contributed by atoms with Crippen LogP contribution in [-0.4, -0.2) is 81.6 Å². The maximum absolute atomic E-state index is 12.6. The maximum atomic E-state index is 12.6. The van der Waals surface area contributed by atoms with E-state index in [0.29, 0.717) is 41.5 Å². The zero-order valence-electron chi connectivity index (χ0n) is 26.9. The highest BCUT2D eigenvalue weighted by atomic mass is 32.2. The van der Waals surface area contributed by atoms with E-state index >= 15 is 0 Å². The predicted octanol–water partition coefficient (Wildman–Crippen LogP) is 4.11. The minimum atomic E-state index is -0.839. The Bertz CT molecular complexity index is 1410. The van der Waals surface area contributed by atoms with Gasteiger partial charge in [-0.05, 0) is 67.5 Å². The lowest BCUT2D eigenvalue weighted by Gasteiger charge is -2.60. The van der Waals surface area contributed by atoms with Crippen molar-refractivity contribution in [2.24, 2.45) is 30.7 Å². The van der Waals surface area contributed by atoms with Gasteiger partial charge in [0.05, 0.1) is 25.6 Å². The van der Waals surface area contributed by atoms with Crippen molar-refractivity contribution in [3.8, 4) is 5.75 Å². The van der Waals surface area contributed by atoms with Crippen LogP contribution in [-0.2, 0) is 40.6 Å². The van der Waals surface area contributed by atoms with Crippen LogP contribution in [0.25, 0.3) is 0 Å². The maximum Gasteiger partial charge on any atom is 0.341 e. The molecule has 2 aromatic rings. The van der Waals surface area contributed by atoms with Crippen LogP contribution in [0.15, 0.2) is 23.4 Å². The number of carbonyl (C=O) groups is 2. The van der Waals surface area contributed by atoms with Gasteiger partial charge in [0, 0.05) is 43.5 Å². The average molecular weight is 662 g/mol. The van der Waals surface area contributed by atoms with E-state index in [1.165, 1.54) is 16.4 Å². The monoisotopic (exact) mass is 661 g/mol. The van der Waals surface area contributed by atoms with E-state index in [-0.39, 0.29) is 42.3 Å². The quantitative estimate of drug-likeness (QED) is 0.150. The minimum absolute atomic E-state index is 0.0700. The van der Waals surface area contributed by atoms with E-state index in [2.05, 4.69) is 34.7 Å². The molecule has 1 unspecified atom stereocenters. The summed E-state index contributed by atoms with van der Waals surface area (Å²) in [6.07, 6.45) is 3.34. The van der Waals surface area contributed by atoms with Crippen LogP contribution in [0.3, 0.4) is 0 Å². The first kappa shape index (κ1) is 33.1. The van der Waals surface area contributed by atoms with Crippen molar-refractivity contribution in [3.63, 3.8) is 0 Å². The van der Waals surface area contributed by atoms with Gasteiger partial charge in [0.1, 0.15) is 11.3 Å². The van der Waals surface area contributed by atoms with Crippen molar-refractivity contribution in [2.45, 2.75) is 88.9 Å². The number of hydrogen-bond acceptors (Lipinski definition) is 13. The number of carbonyl (C=O) groups excluding carboxylic acids is 2. The molecule has 252 valence electrons. The molecule has 8 atom stereocenters. The standard InChI is InChI=1S/C31H43N5O9S/c1-6-39-26(38)21-10-9-20(32-25(37)17-46-29-33-34-35-36(29)5)16-24(21)40-14-7-15-41-27-19(3)23-11-8-18(2)22-12-13-30(4)43-28(42-27)31(22,23)45-44-30/h9-10,16,18-19,22-23,27-28H,6-8,11-15,17H2,1-5H3,(H,32,37)/t18-,19-,22?,23+,27+,28-,30-,31-/m1/s1. The van der Waals surface area contributed by atoms with Crippen molar-refractivity contribution in [2.75, 3.05) is 30.9 Å². The molecule has 5 heterocycles. The van der Waals surface area contributed by atoms with Gasteiger partial charge in [-0.15, -0.1) is 5.10 Å². The molecule has 2 bridgehead atoms. The fraction of sp³-hybridized carbons (Fsp3) is 0.710. The summed E-state index contributed by atoms with van der Waals surface area (Å²) in [7, 11) is 1.70. The Kier molecular flexibility index (Phi) is 9.88. The molecule has 0 radical (unpaired) electrons. The van der Waals surface area contributed by atoms with Gasteiger partial charge in [-0.3, -0.25) is 4.79 Å². The average Bonchev–Trinajstić information content (AvgIpc) is 3.31. The number of aromatic nitrogens is 4. The minimum Gasteiger partial charge on any atom is -0.493 e. The second kappa shape index (κ2) is 13.7. The second-order valence-corrected chi connectivity index (χ2v) is 13.6. The fourth-order valence-electron chi connectivity index (χ4n) is 7.27. The van der Waals surface area contributed by atoms with Gasteiger partial charge in [-0.25, -0.2) is 19.3 Å². The van der Waals surface area contributed by atoms with Crippen molar-refractivity contribution < 1.29 is 43.0 Å². The third kappa shape index (κ3) is 6.49. The molecule has 1 aromatic carbocycles. The highest BCUT2D eigenvalue weighted by Crippen LogP contribution is 2.60. The number of esters is 1. The number of nitrogens with zero attached hydrogens (tertiary/aromatic N) is 4. The molecule has 1 amide bonds. The van der Waals surface area contributed by atoms with Crippen molar-refractivity contribution in [3.05, 3.63) is 23.8 Å². The number of tetrazole rings is 1. The number of ether oxygens (including phenoxy) is 5. The Hall–Kier alpha value is -2.82. The third-order valence-electron chi connectivity index (χ3n) is 9.60.